The molecule has 0 bridgehead atoms. The molecular formula is C16H22O4. The van der Waals surface area contributed by atoms with E-state index in [-0.39, 0.29) is 30.5 Å². The Morgan fingerprint density at radius 1 is 1.15 bits per heavy atom. The van der Waals surface area contributed by atoms with Gasteiger partial charge in [0.2, 0.25) is 0 Å². The molecule has 2 heterocycles. The van der Waals surface area contributed by atoms with Crippen molar-refractivity contribution in [2.75, 3.05) is 6.61 Å². The topological polar surface area (TPSA) is 47.9 Å². The maximum absolute atomic E-state index is 10.6. The van der Waals surface area contributed by atoms with E-state index in [1.165, 1.54) is 0 Å². The zero-order valence-electron chi connectivity index (χ0n) is 12.2. The van der Waals surface area contributed by atoms with Gasteiger partial charge in [-0.1, -0.05) is 37.3 Å². The minimum Gasteiger partial charge on any atom is -0.387 e. The van der Waals surface area contributed by atoms with Gasteiger partial charge in [-0.3, -0.25) is 0 Å². The summed E-state index contributed by atoms with van der Waals surface area (Å²) >= 11 is 0. The third-order valence-electron chi connectivity index (χ3n) is 4.75. The van der Waals surface area contributed by atoms with Crippen LogP contribution in [-0.2, 0) is 14.2 Å². The number of aliphatic hydroxyl groups is 1. The van der Waals surface area contributed by atoms with Gasteiger partial charge < -0.3 is 19.3 Å². The molecule has 1 aromatic carbocycles. The molecule has 0 saturated carbocycles. The van der Waals surface area contributed by atoms with E-state index in [1.54, 1.807) is 0 Å². The van der Waals surface area contributed by atoms with E-state index < -0.39 is 5.60 Å². The third kappa shape index (κ3) is 2.27. The van der Waals surface area contributed by atoms with Crippen LogP contribution in [0.4, 0.5) is 0 Å². The molecule has 6 atom stereocenters. The first kappa shape index (κ1) is 14.0. The molecule has 2 saturated heterocycles. The summed E-state index contributed by atoms with van der Waals surface area (Å²) in [5, 5.41) is 10.6. The van der Waals surface area contributed by atoms with Crippen molar-refractivity contribution in [2.45, 2.75) is 51.0 Å². The highest BCUT2D eigenvalue weighted by Crippen LogP contribution is 2.40. The summed E-state index contributed by atoms with van der Waals surface area (Å²) in [5.74, 6) is -0.00800. The van der Waals surface area contributed by atoms with Gasteiger partial charge in [0.1, 0.15) is 6.10 Å². The highest BCUT2D eigenvalue weighted by Gasteiger charge is 2.51. The highest BCUT2D eigenvalue weighted by atomic mass is 16.7. The van der Waals surface area contributed by atoms with Gasteiger partial charge in [-0.15, -0.1) is 0 Å². The van der Waals surface area contributed by atoms with E-state index in [9.17, 15) is 5.11 Å². The maximum Gasteiger partial charge on any atom is 0.184 e. The van der Waals surface area contributed by atoms with Crippen LogP contribution in [0.1, 0.15) is 32.6 Å². The second-order valence-corrected chi connectivity index (χ2v) is 6.01. The zero-order valence-corrected chi connectivity index (χ0v) is 12.2. The first-order chi connectivity index (χ1) is 9.50. The van der Waals surface area contributed by atoms with Crippen LogP contribution in [0.3, 0.4) is 0 Å². The predicted octanol–water partition coefficient (Wildman–Crippen LogP) is 2.28. The monoisotopic (exact) mass is 278 g/mol. The Hall–Kier alpha value is -0.940. The number of hydrogen-bond donors (Lipinski definition) is 1. The molecule has 0 amide bonds. The van der Waals surface area contributed by atoms with Crippen LogP contribution in [-0.4, -0.2) is 35.6 Å². The van der Waals surface area contributed by atoms with Crippen LogP contribution >= 0.6 is 0 Å². The molecule has 2 fully saturated rings. The van der Waals surface area contributed by atoms with Crippen molar-refractivity contribution >= 4 is 0 Å². The Labute approximate surface area is 119 Å². The van der Waals surface area contributed by atoms with E-state index in [2.05, 4.69) is 0 Å². The molecule has 2 aliphatic heterocycles. The summed E-state index contributed by atoms with van der Waals surface area (Å²) in [6.07, 6.45) is -0.868. The van der Waals surface area contributed by atoms with Crippen molar-refractivity contribution in [3.63, 3.8) is 0 Å². The number of benzene rings is 1. The summed E-state index contributed by atoms with van der Waals surface area (Å²) in [7, 11) is 0. The fourth-order valence-corrected chi connectivity index (χ4v) is 2.99. The van der Waals surface area contributed by atoms with Crippen molar-refractivity contribution in [1.82, 2.24) is 0 Å². The lowest BCUT2D eigenvalue weighted by Crippen LogP contribution is -2.62. The van der Waals surface area contributed by atoms with Crippen molar-refractivity contribution in [1.29, 1.82) is 0 Å². The molecule has 2 aliphatic rings. The largest absolute Gasteiger partial charge is 0.387 e. The zero-order chi connectivity index (χ0) is 14.3. The fourth-order valence-electron chi connectivity index (χ4n) is 2.99. The number of fused-ring (bicyclic) bond motifs is 1. The lowest BCUT2D eigenvalue weighted by molar-refractivity contribution is -0.331. The summed E-state index contributed by atoms with van der Waals surface area (Å²) in [4.78, 5) is 0. The minimum absolute atomic E-state index is 0.00800. The molecule has 0 aromatic heterocycles. The normalized spacial score (nSPS) is 44.9. The molecule has 4 heteroatoms. The van der Waals surface area contributed by atoms with Crippen LogP contribution < -0.4 is 0 Å². The second-order valence-electron chi connectivity index (χ2n) is 6.01. The van der Waals surface area contributed by atoms with Gasteiger partial charge in [-0.25, -0.2) is 0 Å². The Morgan fingerprint density at radius 3 is 2.55 bits per heavy atom. The van der Waals surface area contributed by atoms with Crippen LogP contribution in [0, 0.1) is 5.92 Å². The molecule has 110 valence electrons. The molecule has 0 radical (unpaired) electrons. The molecular weight excluding hydrogens is 256 g/mol. The molecule has 1 N–H and O–H groups in total. The summed E-state index contributed by atoms with van der Waals surface area (Å²) in [5.41, 5.74) is 0.108. The smallest absolute Gasteiger partial charge is 0.184 e. The van der Waals surface area contributed by atoms with Crippen molar-refractivity contribution in [3.8, 4) is 0 Å². The highest BCUT2D eigenvalue weighted by molar-refractivity contribution is 5.16. The van der Waals surface area contributed by atoms with E-state index in [0.29, 0.717) is 6.61 Å². The van der Waals surface area contributed by atoms with Crippen molar-refractivity contribution in [3.05, 3.63) is 35.9 Å². The fraction of sp³-hybridized carbons (Fsp3) is 0.625. The Morgan fingerprint density at radius 2 is 1.85 bits per heavy atom. The van der Waals surface area contributed by atoms with Crippen LogP contribution in [0.25, 0.3) is 0 Å². The van der Waals surface area contributed by atoms with Crippen LogP contribution in [0.5, 0.6) is 0 Å². The maximum atomic E-state index is 10.6. The Bertz CT molecular complexity index is 459. The third-order valence-corrected chi connectivity index (χ3v) is 4.75. The lowest BCUT2D eigenvalue weighted by atomic mass is 9.77. The first-order valence-corrected chi connectivity index (χ1v) is 7.20. The lowest BCUT2D eigenvalue weighted by Gasteiger charge is -2.51. The molecule has 3 unspecified atom stereocenters. The SMILES string of the molecule is C[C@@H]1OC2COC(c3ccccc3)O[C@H]2[C@H](C)C1(C)O. The van der Waals surface area contributed by atoms with Gasteiger partial charge >= 0.3 is 0 Å². The van der Waals surface area contributed by atoms with E-state index >= 15 is 0 Å². The molecule has 0 spiro atoms. The quantitative estimate of drug-likeness (QED) is 0.856. The average molecular weight is 278 g/mol. The first-order valence-electron chi connectivity index (χ1n) is 7.20. The average Bonchev–Trinajstić information content (AvgIpc) is 2.46. The molecule has 20 heavy (non-hydrogen) atoms. The van der Waals surface area contributed by atoms with Crippen LogP contribution in [0.15, 0.2) is 30.3 Å². The number of hydrogen-bond acceptors (Lipinski definition) is 4. The van der Waals surface area contributed by atoms with E-state index in [0.717, 1.165) is 5.56 Å². The summed E-state index contributed by atoms with van der Waals surface area (Å²) in [6, 6.07) is 9.87. The van der Waals surface area contributed by atoms with Gasteiger partial charge in [0, 0.05) is 11.5 Å². The number of rotatable bonds is 1. The summed E-state index contributed by atoms with van der Waals surface area (Å²) < 4.78 is 17.7. The van der Waals surface area contributed by atoms with Gasteiger partial charge in [0.15, 0.2) is 6.29 Å². The van der Waals surface area contributed by atoms with Crippen LogP contribution in [0.2, 0.25) is 0 Å². The molecule has 0 aliphatic carbocycles. The van der Waals surface area contributed by atoms with Crippen molar-refractivity contribution in [2.24, 2.45) is 5.92 Å². The Kier molecular flexibility index (Phi) is 3.58. The van der Waals surface area contributed by atoms with E-state index in [1.807, 2.05) is 51.1 Å². The molecule has 3 rings (SSSR count). The van der Waals surface area contributed by atoms with Gasteiger partial charge in [-0.05, 0) is 13.8 Å². The van der Waals surface area contributed by atoms with E-state index in [4.69, 9.17) is 14.2 Å². The van der Waals surface area contributed by atoms with Gasteiger partial charge in [0.25, 0.3) is 0 Å². The van der Waals surface area contributed by atoms with Gasteiger partial charge in [-0.2, -0.15) is 0 Å². The van der Waals surface area contributed by atoms with Gasteiger partial charge in [0.05, 0.1) is 24.4 Å². The minimum atomic E-state index is -0.889. The molecule has 4 nitrogen and oxygen atoms in total. The molecule has 1 aromatic rings. The predicted molar refractivity (Wildman–Crippen MR) is 74.1 cm³/mol. The Balaban J connectivity index is 1.79. The van der Waals surface area contributed by atoms with Crippen molar-refractivity contribution < 1.29 is 19.3 Å². The number of ether oxygens (including phenoxy) is 3. The summed E-state index contributed by atoms with van der Waals surface area (Å²) in [6.45, 7) is 6.23. The second kappa shape index (κ2) is 5.11. The standard InChI is InChI=1S/C16H22O4/c1-10-14-13(19-11(2)16(10,3)17)9-18-15(20-14)12-7-5-4-6-8-12/h4-8,10-11,13-15,17H,9H2,1-3H3/t10-,11-,13?,14-,15?,16?/m0/s1.